The Hall–Kier alpha value is -2.74. The predicted molar refractivity (Wildman–Crippen MR) is 132 cm³/mol. The minimum Gasteiger partial charge on any atom is -0.228 e. The fraction of sp³-hybridized carbons (Fsp3) is 0.379. The normalized spacial score (nSPS) is 19.2. The van der Waals surface area contributed by atoms with Crippen molar-refractivity contribution in [2.24, 2.45) is 11.8 Å². The highest BCUT2D eigenvalue weighted by Crippen LogP contribution is 2.35. The molecule has 1 aliphatic rings. The summed E-state index contributed by atoms with van der Waals surface area (Å²) in [5, 5.41) is 0. The van der Waals surface area contributed by atoms with Crippen molar-refractivity contribution in [2.45, 2.75) is 59.8 Å². The van der Waals surface area contributed by atoms with Crippen LogP contribution in [0, 0.1) is 18.8 Å². The van der Waals surface area contributed by atoms with Crippen molar-refractivity contribution in [1.29, 1.82) is 0 Å². The van der Waals surface area contributed by atoms with Crippen LogP contribution in [0.5, 0.6) is 0 Å². The third-order valence-corrected chi connectivity index (χ3v) is 6.64. The summed E-state index contributed by atoms with van der Waals surface area (Å²) in [6.45, 7) is 13.5. The van der Waals surface area contributed by atoms with Crippen LogP contribution >= 0.6 is 0 Å². The first-order valence-corrected chi connectivity index (χ1v) is 11.5. The van der Waals surface area contributed by atoms with Gasteiger partial charge in [0.05, 0.1) is 11.4 Å². The number of aromatic nitrogens is 2. The predicted octanol–water partition coefficient (Wildman–Crippen LogP) is 7.87. The Balaban J connectivity index is 1.82. The van der Waals surface area contributed by atoms with E-state index in [1.54, 1.807) is 0 Å². The van der Waals surface area contributed by atoms with Gasteiger partial charge in [-0.05, 0) is 54.2 Å². The molecule has 160 valence electrons. The van der Waals surface area contributed by atoms with Crippen LogP contribution in [0.2, 0.25) is 0 Å². The summed E-state index contributed by atoms with van der Waals surface area (Å²) in [5.74, 6) is 2.11. The molecule has 0 saturated heterocycles. The van der Waals surface area contributed by atoms with Crippen LogP contribution in [-0.2, 0) is 5.41 Å². The lowest BCUT2D eigenvalue weighted by Gasteiger charge is -2.24. The van der Waals surface area contributed by atoms with Gasteiger partial charge in [0.2, 0.25) is 0 Å². The quantitative estimate of drug-likeness (QED) is 0.439. The van der Waals surface area contributed by atoms with E-state index in [1.807, 2.05) is 0 Å². The fourth-order valence-electron chi connectivity index (χ4n) is 4.16. The van der Waals surface area contributed by atoms with E-state index in [9.17, 15) is 0 Å². The summed E-state index contributed by atoms with van der Waals surface area (Å²) in [6, 6.07) is 19.5. The van der Waals surface area contributed by atoms with E-state index in [-0.39, 0.29) is 5.41 Å². The van der Waals surface area contributed by atoms with Crippen molar-refractivity contribution in [3.63, 3.8) is 0 Å². The molecule has 2 atom stereocenters. The van der Waals surface area contributed by atoms with Crippen molar-refractivity contribution in [3.8, 4) is 22.6 Å². The summed E-state index contributed by atoms with van der Waals surface area (Å²) < 4.78 is 0. The zero-order valence-corrected chi connectivity index (χ0v) is 19.7. The van der Waals surface area contributed by atoms with Gasteiger partial charge in [0.25, 0.3) is 0 Å². The molecule has 0 spiro atoms. The van der Waals surface area contributed by atoms with Gasteiger partial charge in [-0.2, -0.15) is 0 Å². The topological polar surface area (TPSA) is 25.8 Å². The Bertz CT molecular complexity index is 1080. The highest BCUT2D eigenvalue weighted by molar-refractivity contribution is 5.72. The van der Waals surface area contributed by atoms with Gasteiger partial charge < -0.3 is 0 Å². The number of hydrogen-bond acceptors (Lipinski definition) is 2. The van der Waals surface area contributed by atoms with Crippen LogP contribution in [0.3, 0.4) is 0 Å². The molecular formula is C29H34N2. The van der Waals surface area contributed by atoms with Crippen molar-refractivity contribution >= 4 is 5.57 Å². The second-order valence-corrected chi connectivity index (χ2v) is 10.2. The zero-order valence-electron chi connectivity index (χ0n) is 19.7. The van der Waals surface area contributed by atoms with E-state index in [0.29, 0.717) is 5.92 Å². The molecule has 1 aromatic heterocycles. The maximum absolute atomic E-state index is 5.04. The smallest absolute Gasteiger partial charge is 0.160 e. The Morgan fingerprint density at radius 2 is 1.42 bits per heavy atom. The molecule has 0 saturated carbocycles. The molecule has 2 heteroatoms. The molecule has 3 aromatic rings. The molecule has 0 radical (unpaired) electrons. The largest absolute Gasteiger partial charge is 0.228 e. The Kier molecular flexibility index (Phi) is 5.83. The average molecular weight is 411 g/mol. The second-order valence-electron chi connectivity index (χ2n) is 10.2. The summed E-state index contributed by atoms with van der Waals surface area (Å²) in [5.41, 5.74) is 8.34. The Labute approximate surface area is 187 Å². The molecule has 0 N–H and O–H groups in total. The standard InChI is InChI=1S/C29H34N2/c1-19-7-10-22(11-8-19)26-18-27(24-12-9-20(2)21(3)17-24)31-28(30-26)23-13-15-25(16-14-23)29(4,5)6/h7-8,10-11,13-18,20-21H,9,12H2,1-6H3. The molecule has 31 heavy (non-hydrogen) atoms. The van der Waals surface area contributed by atoms with Gasteiger partial charge >= 0.3 is 0 Å². The van der Waals surface area contributed by atoms with Gasteiger partial charge in [-0.25, -0.2) is 9.97 Å². The lowest BCUT2D eigenvalue weighted by molar-refractivity contribution is 0.418. The van der Waals surface area contributed by atoms with Gasteiger partial charge in [0, 0.05) is 11.1 Å². The summed E-state index contributed by atoms with van der Waals surface area (Å²) in [7, 11) is 0. The van der Waals surface area contributed by atoms with Crippen LogP contribution in [0.15, 0.2) is 60.7 Å². The number of allylic oxidation sites excluding steroid dienone is 2. The summed E-state index contributed by atoms with van der Waals surface area (Å²) in [4.78, 5) is 10.0. The first-order valence-electron chi connectivity index (χ1n) is 11.5. The van der Waals surface area contributed by atoms with E-state index < -0.39 is 0 Å². The molecule has 0 bridgehead atoms. The van der Waals surface area contributed by atoms with Crippen molar-refractivity contribution in [2.75, 3.05) is 0 Å². The molecule has 2 nitrogen and oxygen atoms in total. The van der Waals surface area contributed by atoms with E-state index in [0.717, 1.165) is 40.7 Å². The molecule has 2 aromatic carbocycles. The molecule has 0 amide bonds. The van der Waals surface area contributed by atoms with Gasteiger partial charge in [-0.3, -0.25) is 0 Å². The van der Waals surface area contributed by atoms with E-state index in [4.69, 9.17) is 9.97 Å². The molecule has 0 fully saturated rings. The molecule has 1 heterocycles. The number of rotatable bonds is 3. The van der Waals surface area contributed by atoms with E-state index >= 15 is 0 Å². The van der Waals surface area contributed by atoms with Crippen LogP contribution < -0.4 is 0 Å². The van der Waals surface area contributed by atoms with Crippen molar-refractivity contribution in [1.82, 2.24) is 9.97 Å². The first-order chi connectivity index (χ1) is 14.7. The third-order valence-electron chi connectivity index (χ3n) is 6.64. The van der Waals surface area contributed by atoms with Gasteiger partial charge in [0.15, 0.2) is 5.82 Å². The second kappa shape index (κ2) is 8.42. The summed E-state index contributed by atoms with van der Waals surface area (Å²) in [6.07, 6.45) is 4.71. The molecule has 1 aliphatic carbocycles. The zero-order chi connectivity index (χ0) is 22.2. The van der Waals surface area contributed by atoms with Gasteiger partial charge in [-0.1, -0.05) is 94.8 Å². The minimum absolute atomic E-state index is 0.133. The van der Waals surface area contributed by atoms with E-state index in [2.05, 4.69) is 102 Å². The van der Waals surface area contributed by atoms with Crippen LogP contribution in [-0.4, -0.2) is 9.97 Å². The monoisotopic (exact) mass is 410 g/mol. The average Bonchev–Trinajstić information content (AvgIpc) is 2.75. The maximum Gasteiger partial charge on any atom is 0.160 e. The lowest BCUT2D eigenvalue weighted by Crippen LogP contribution is -2.12. The summed E-state index contributed by atoms with van der Waals surface area (Å²) >= 11 is 0. The Morgan fingerprint density at radius 1 is 0.806 bits per heavy atom. The van der Waals surface area contributed by atoms with E-state index in [1.165, 1.54) is 23.1 Å². The minimum atomic E-state index is 0.133. The van der Waals surface area contributed by atoms with Crippen molar-refractivity contribution in [3.05, 3.63) is 77.5 Å². The van der Waals surface area contributed by atoms with Crippen LogP contribution in [0.4, 0.5) is 0 Å². The number of benzene rings is 2. The SMILES string of the molecule is Cc1ccc(-c2cc(C3=CC(C)C(C)CC3)nc(-c3ccc(C(C)(C)C)cc3)n2)cc1. The third kappa shape index (κ3) is 4.79. The van der Waals surface area contributed by atoms with Crippen LogP contribution in [0.25, 0.3) is 28.2 Å². The first kappa shape index (κ1) is 21.5. The van der Waals surface area contributed by atoms with Crippen LogP contribution in [0.1, 0.15) is 64.3 Å². The molecular weight excluding hydrogens is 376 g/mol. The number of nitrogens with zero attached hydrogens (tertiary/aromatic N) is 2. The molecule has 2 unspecified atom stereocenters. The highest BCUT2D eigenvalue weighted by atomic mass is 14.9. The highest BCUT2D eigenvalue weighted by Gasteiger charge is 2.20. The van der Waals surface area contributed by atoms with Crippen molar-refractivity contribution < 1.29 is 0 Å². The molecule has 0 aliphatic heterocycles. The Morgan fingerprint density at radius 3 is 2.03 bits per heavy atom. The number of hydrogen-bond donors (Lipinski definition) is 0. The van der Waals surface area contributed by atoms with Gasteiger partial charge in [-0.15, -0.1) is 0 Å². The number of aryl methyl sites for hydroxylation is 1. The van der Waals surface area contributed by atoms with Gasteiger partial charge in [0.1, 0.15) is 0 Å². The molecule has 4 rings (SSSR count). The maximum atomic E-state index is 5.04. The fourth-order valence-corrected chi connectivity index (χ4v) is 4.16. The lowest BCUT2D eigenvalue weighted by atomic mass is 9.82.